The first kappa shape index (κ1) is 32.5. The van der Waals surface area contributed by atoms with E-state index in [1.807, 2.05) is 42.5 Å². The molecule has 4 aromatic carbocycles. The zero-order valence-electron chi connectivity index (χ0n) is 25.8. The lowest BCUT2D eigenvalue weighted by atomic mass is 9.97. The van der Waals surface area contributed by atoms with E-state index in [0.717, 1.165) is 51.6 Å². The molecule has 3 aliphatic rings. The average Bonchev–Trinajstić information content (AvgIpc) is 3.56. The lowest BCUT2D eigenvalue weighted by Crippen LogP contribution is -2.68. The van der Waals surface area contributed by atoms with E-state index in [2.05, 4.69) is 132 Å². The van der Waals surface area contributed by atoms with Crippen LogP contribution < -0.4 is 18.6 Å². The summed E-state index contributed by atoms with van der Waals surface area (Å²) in [6, 6.07) is 41.7. The summed E-state index contributed by atoms with van der Waals surface area (Å²) in [6.45, 7) is 0. The van der Waals surface area contributed by atoms with Crippen molar-refractivity contribution in [2.24, 2.45) is 5.10 Å². The van der Waals surface area contributed by atoms with Gasteiger partial charge in [-0.15, -0.1) is 10.2 Å². The van der Waals surface area contributed by atoms with Gasteiger partial charge >= 0.3 is 0 Å². The lowest BCUT2D eigenvalue weighted by Gasteiger charge is -2.20. The molecule has 2 heterocycles. The van der Waals surface area contributed by atoms with Crippen LogP contribution in [0.15, 0.2) is 180 Å². The van der Waals surface area contributed by atoms with Crippen LogP contribution in [0.4, 0.5) is 0 Å². The fourth-order valence-electron chi connectivity index (χ4n) is 5.53. The molecule has 7 nitrogen and oxygen atoms in total. The monoisotopic (exact) mass is 654 g/mol. The molecule has 8 heteroatoms. The van der Waals surface area contributed by atoms with Gasteiger partial charge < -0.3 is 4.74 Å². The Hall–Kier alpha value is -5.41. The summed E-state index contributed by atoms with van der Waals surface area (Å²) in [5.41, 5.74) is 8.87. The molecule has 0 bridgehead atoms. The first-order valence-electron chi connectivity index (χ1n) is 15.3. The van der Waals surface area contributed by atoms with Crippen LogP contribution in [0.5, 0.6) is 0 Å². The molecule has 0 amide bonds. The second-order valence-corrected chi connectivity index (χ2v) is 11.8. The van der Waals surface area contributed by atoms with E-state index in [0.29, 0.717) is 0 Å². The zero-order valence-corrected chi connectivity index (χ0v) is 26.5. The quantitative estimate of drug-likeness (QED) is 0.295. The Bertz CT molecular complexity index is 1910. The van der Waals surface area contributed by atoms with Gasteiger partial charge in [0.1, 0.15) is 17.2 Å². The second kappa shape index (κ2) is 15.0. The van der Waals surface area contributed by atoms with E-state index in [4.69, 9.17) is 28.5 Å². The molecular weight excluding hydrogens is 624 g/mol. The smallest absolute Gasteiger partial charge is 0.232 e. The van der Waals surface area contributed by atoms with Crippen LogP contribution in [0, 0.1) is 10.2 Å². The summed E-state index contributed by atoms with van der Waals surface area (Å²) in [6.07, 6.45) is 18.1. The Kier molecular flexibility index (Phi) is 10.2. The predicted molar refractivity (Wildman–Crippen MR) is 177 cm³/mol. The first-order valence-corrected chi connectivity index (χ1v) is 16.5. The van der Waals surface area contributed by atoms with Crippen LogP contribution in [-0.4, -0.2) is 16.1 Å². The van der Waals surface area contributed by atoms with E-state index in [1.54, 1.807) is 0 Å². The minimum Gasteiger partial charge on any atom is -0.456 e. The van der Waals surface area contributed by atoms with Crippen molar-refractivity contribution in [3.63, 3.8) is 0 Å². The minimum absolute atomic E-state index is 0.132. The average molecular weight is 655 g/mol. The van der Waals surface area contributed by atoms with Crippen molar-refractivity contribution in [1.29, 1.82) is 0 Å². The van der Waals surface area contributed by atoms with E-state index < -0.39 is 10.2 Å². The number of nitrogens with zero attached hydrogens (tertiary/aromatic N) is 2. The topological polar surface area (TPSA) is 117 Å². The third-order valence-corrected chi connectivity index (χ3v) is 7.76. The summed E-state index contributed by atoms with van der Waals surface area (Å²) in [5, 5.41) is 5.09. The van der Waals surface area contributed by atoms with Crippen molar-refractivity contribution in [2.45, 2.75) is 12.5 Å². The summed E-state index contributed by atoms with van der Waals surface area (Å²) < 4.78 is 42.5. The third-order valence-electron chi connectivity index (χ3n) is 7.76. The molecule has 1 aliphatic carbocycles. The molecule has 238 valence electrons. The van der Waals surface area contributed by atoms with E-state index in [1.165, 1.54) is 11.1 Å². The van der Waals surface area contributed by atoms with Crippen molar-refractivity contribution in [3.05, 3.63) is 197 Å². The fourth-order valence-corrected chi connectivity index (χ4v) is 5.53. The third kappa shape index (κ3) is 8.68. The zero-order chi connectivity index (χ0) is 33.3. The van der Waals surface area contributed by atoms with Gasteiger partial charge in [0.15, 0.2) is 0 Å². The molecule has 0 saturated carbocycles. The van der Waals surface area contributed by atoms with E-state index >= 15 is 0 Å². The van der Waals surface area contributed by atoms with Crippen molar-refractivity contribution in [3.8, 4) is 0 Å². The number of halogens is 1. The molecule has 0 N–H and O–H groups in total. The maximum Gasteiger partial charge on any atom is 0.232 e. The molecule has 1 unspecified atom stereocenters. The van der Waals surface area contributed by atoms with Crippen LogP contribution >= 0.6 is 0 Å². The van der Waals surface area contributed by atoms with Crippen molar-refractivity contribution in [1.82, 2.24) is 0 Å². The summed E-state index contributed by atoms with van der Waals surface area (Å²) >= 11 is 0. The van der Waals surface area contributed by atoms with Gasteiger partial charge in [-0.3, -0.25) is 0 Å². The summed E-state index contributed by atoms with van der Waals surface area (Å²) in [4.78, 5) is 0. The van der Waals surface area contributed by atoms with Crippen molar-refractivity contribution in [2.75, 3.05) is 0 Å². The first-order chi connectivity index (χ1) is 23.3. The number of rotatable bonds is 5. The normalized spacial score (nSPS) is 17.4. The van der Waals surface area contributed by atoms with Gasteiger partial charge in [0, 0.05) is 28.8 Å². The Labute approximate surface area is 281 Å². The van der Waals surface area contributed by atoms with Gasteiger partial charge in [0.25, 0.3) is 0 Å². The summed E-state index contributed by atoms with van der Waals surface area (Å²) in [7, 11) is -4.94. The van der Waals surface area contributed by atoms with Crippen LogP contribution in [-0.2, 0) is 4.74 Å². The molecule has 0 radical (unpaired) electrons. The van der Waals surface area contributed by atoms with Crippen molar-refractivity contribution >= 4 is 29.0 Å². The van der Waals surface area contributed by atoms with Gasteiger partial charge in [-0.05, 0) is 52.2 Å². The molecule has 48 heavy (non-hydrogen) atoms. The molecule has 1 atom stereocenters. The standard InChI is InChI=1S/C40H31N2O.ClHO4/c1-5-13-30(14-6-1)21-24-36-29-38(32-15-7-2-8-16-32)42(41-36)37-25-22-31(23-26-37)35-27-39(33-17-9-3-10-18-33)43-40(28-35)34-19-11-4-12-20-34;2-1(3,4)5/h1-28,38H,29H2;(H,2,3,4,5)/q+1;/p-1/b24-21+;. The number of ether oxygens (including phenoxy) is 1. The SMILES string of the molecule is C1=CC(=[N+]2N=C(/C=C/c3ccccc3)CC2c2ccccc2)C=CC1=C1C=C(c2ccccc2)OC(c2ccccc2)=C1.[O-][Cl+3]([O-])([O-])[O-]. The largest absolute Gasteiger partial charge is 0.456 e. The maximum absolute atomic E-state index is 8.49. The molecule has 0 saturated heterocycles. The fraction of sp³-hybridized carbons (Fsp3) is 0.0500. The van der Waals surface area contributed by atoms with E-state index in [9.17, 15) is 0 Å². The molecule has 2 aliphatic heterocycles. The number of hydrogen-bond acceptors (Lipinski definition) is 6. The predicted octanol–water partition coefficient (Wildman–Crippen LogP) is 4.43. The van der Waals surface area contributed by atoms with Crippen molar-refractivity contribution < 1.29 is 38.3 Å². The second-order valence-electron chi connectivity index (χ2n) is 11.0. The highest BCUT2D eigenvalue weighted by Crippen LogP contribution is 2.34. The Balaban J connectivity index is 0.000000749. The van der Waals surface area contributed by atoms with Gasteiger partial charge in [-0.25, -0.2) is 18.6 Å². The molecular formula is C40H31ClN2O5. The minimum atomic E-state index is -4.94. The van der Waals surface area contributed by atoms with Crippen LogP contribution in [0.3, 0.4) is 0 Å². The number of hydrazone groups is 1. The molecule has 0 fully saturated rings. The van der Waals surface area contributed by atoms with Crippen LogP contribution in [0.2, 0.25) is 0 Å². The van der Waals surface area contributed by atoms with Gasteiger partial charge in [0.2, 0.25) is 11.8 Å². The molecule has 7 rings (SSSR count). The van der Waals surface area contributed by atoms with Crippen LogP contribution in [0.25, 0.3) is 17.6 Å². The van der Waals surface area contributed by atoms with Gasteiger partial charge in [0.05, 0.1) is 6.42 Å². The Morgan fingerprint density at radius 2 is 1.08 bits per heavy atom. The maximum atomic E-state index is 8.49. The highest BCUT2D eigenvalue weighted by molar-refractivity contribution is 6.04. The number of hydrogen-bond donors (Lipinski definition) is 0. The number of benzene rings is 4. The summed E-state index contributed by atoms with van der Waals surface area (Å²) in [5.74, 6) is 1.67. The Morgan fingerprint density at radius 3 is 1.60 bits per heavy atom. The van der Waals surface area contributed by atoms with Crippen LogP contribution in [0.1, 0.15) is 34.7 Å². The van der Waals surface area contributed by atoms with Gasteiger partial charge in [-0.1, -0.05) is 132 Å². The Morgan fingerprint density at radius 1 is 0.604 bits per heavy atom. The highest BCUT2D eigenvalue weighted by atomic mass is 35.7. The highest BCUT2D eigenvalue weighted by Gasteiger charge is 2.34. The molecule has 0 aromatic heterocycles. The van der Waals surface area contributed by atoms with Gasteiger partial charge in [-0.2, -0.15) is 0 Å². The molecule has 0 spiro atoms. The number of allylic oxidation sites excluding steroid dienone is 9. The molecule has 4 aromatic rings. The van der Waals surface area contributed by atoms with E-state index in [-0.39, 0.29) is 6.04 Å². The lowest BCUT2D eigenvalue weighted by molar-refractivity contribution is -2.00.